The Kier molecular flexibility index (Phi) is 2.25. The lowest BCUT2D eigenvalue weighted by Crippen LogP contribution is -2.63. The average Bonchev–Trinajstić information content (AvgIpc) is 1.88. The summed E-state index contributed by atoms with van der Waals surface area (Å²) in [6.07, 6.45) is 0.0769. The lowest BCUT2D eigenvalue weighted by Gasteiger charge is -2.35. The first-order valence-electron chi connectivity index (χ1n) is 3.57. The van der Waals surface area contributed by atoms with Gasteiger partial charge in [0.15, 0.2) is 0 Å². The Morgan fingerprint density at radius 2 is 1.90 bits per heavy atom. The minimum Gasteiger partial charge on any atom is -0.288 e. The first-order chi connectivity index (χ1) is 4.64. The van der Waals surface area contributed by atoms with Crippen LogP contribution in [0.15, 0.2) is 0 Å². The molecule has 1 heterocycles. The molecule has 1 aliphatic rings. The van der Waals surface area contributed by atoms with Crippen LogP contribution in [-0.4, -0.2) is 19.4 Å². The van der Waals surface area contributed by atoms with Gasteiger partial charge in [0.1, 0.15) is 6.29 Å². The average molecular weight is 144 g/mol. The summed E-state index contributed by atoms with van der Waals surface area (Å²) in [5.41, 5.74) is 2.96. The Balaban J connectivity index is 2.31. The standard InChI is InChI=1S/C6H16N4/c1-6(2)3-8-5(10-7)9-4-6/h5,8-10H,3-4,7H2,1-2H3. The summed E-state index contributed by atoms with van der Waals surface area (Å²) in [5, 5.41) is 6.42. The second-order valence-electron chi connectivity index (χ2n) is 3.53. The quantitative estimate of drug-likeness (QED) is 0.280. The molecule has 0 atom stereocenters. The van der Waals surface area contributed by atoms with Gasteiger partial charge in [-0.3, -0.25) is 16.5 Å². The van der Waals surface area contributed by atoms with Crippen molar-refractivity contribution in [1.29, 1.82) is 0 Å². The van der Waals surface area contributed by atoms with E-state index in [1.54, 1.807) is 0 Å². The molecule has 0 amide bonds. The highest BCUT2D eigenvalue weighted by Gasteiger charge is 2.24. The van der Waals surface area contributed by atoms with Gasteiger partial charge in [0.25, 0.3) is 0 Å². The predicted molar refractivity (Wildman–Crippen MR) is 40.9 cm³/mol. The van der Waals surface area contributed by atoms with Gasteiger partial charge in [-0.05, 0) is 5.41 Å². The van der Waals surface area contributed by atoms with Gasteiger partial charge < -0.3 is 0 Å². The second kappa shape index (κ2) is 2.84. The van der Waals surface area contributed by atoms with E-state index in [4.69, 9.17) is 5.84 Å². The monoisotopic (exact) mass is 144 g/mol. The van der Waals surface area contributed by atoms with Crippen molar-refractivity contribution in [3.8, 4) is 0 Å². The van der Waals surface area contributed by atoms with E-state index in [-0.39, 0.29) is 6.29 Å². The maximum Gasteiger partial charge on any atom is 0.124 e. The van der Waals surface area contributed by atoms with Gasteiger partial charge >= 0.3 is 0 Å². The molecule has 1 rings (SSSR count). The van der Waals surface area contributed by atoms with E-state index in [9.17, 15) is 0 Å². The summed E-state index contributed by atoms with van der Waals surface area (Å²) >= 11 is 0. The summed E-state index contributed by atoms with van der Waals surface area (Å²) in [7, 11) is 0. The van der Waals surface area contributed by atoms with Crippen LogP contribution in [0.3, 0.4) is 0 Å². The first kappa shape index (κ1) is 7.94. The van der Waals surface area contributed by atoms with Gasteiger partial charge in [0, 0.05) is 13.1 Å². The van der Waals surface area contributed by atoms with Crippen molar-refractivity contribution in [2.75, 3.05) is 13.1 Å². The normalized spacial score (nSPS) is 26.7. The van der Waals surface area contributed by atoms with Gasteiger partial charge in [-0.25, -0.2) is 5.43 Å². The maximum atomic E-state index is 5.22. The molecule has 0 unspecified atom stereocenters. The molecule has 0 radical (unpaired) electrons. The summed E-state index contributed by atoms with van der Waals surface area (Å²) in [5.74, 6) is 5.22. The molecule has 10 heavy (non-hydrogen) atoms. The largest absolute Gasteiger partial charge is 0.288 e. The van der Waals surface area contributed by atoms with Crippen molar-refractivity contribution < 1.29 is 0 Å². The summed E-state index contributed by atoms with van der Waals surface area (Å²) in [4.78, 5) is 0. The van der Waals surface area contributed by atoms with Crippen molar-refractivity contribution in [3.63, 3.8) is 0 Å². The van der Waals surface area contributed by atoms with Crippen LogP contribution in [0.5, 0.6) is 0 Å². The van der Waals surface area contributed by atoms with Crippen LogP contribution in [0.4, 0.5) is 0 Å². The molecule has 0 spiro atoms. The molecular formula is C6H16N4. The van der Waals surface area contributed by atoms with Crippen molar-refractivity contribution in [2.24, 2.45) is 11.3 Å². The van der Waals surface area contributed by atoms with E-state index in [1.165, 1.54) is 0 Å². The van der Waals surface area contributed by atoms with Crippen LogP contribution < -0.4 is 21.9 Å². The van der Waals surface area contributed by atoms with E-state index < -0.39 is 0 Å². The van der Waals surface area contributed by atoms with Crippen molar-refractivity contribution >= 4 is 0 Å². The number of hydrogen-bond donors (Lipinski definition) is 4. The third-order valence-corrected chi connectivity index (χ3v) is 1.74. The van der Waals surface area contributed by atoms with Crippen molar-refractivity contribution in [3.05, 3.63) is 0 Å². The molecule has 4 nitrogen and oxygen atoms in total. The molecule has 0 aromatic carbocycles. The molecule has 4 heteroatoms. The van der Waals surface area contributed by atoms with Crippen LogP contribution in [0, 0.1) is 5.41 Å². The van der Waals surface area contributed by atoms with Gasteiger partial charge in [-0.15, -0.1) is 0 Å². The molecule has 1 aliphatic heterocycles. The van der Waals surface area contributed by atoms with Gasteiger partial charge in [-0.1, -0.05) is 13.8 Å². The van der Waals surface area contributed by atoms with Gasteiger partial charge in [-0.2, -0.15) is 0 Å². The van der Waals surface area contributed by atoms with E-state index in [2.05, 4.69) is 29.9 Å². The Morgan fingerprint density at radius 1 is 1.40 bits per heavy atom. The summed E-state index contributed by atoms with van der Waals surface area (Å²) < 4.78 is 0. The molecule has 0 aromatic heterocycles. The van der Waals surface area contributed by atoms with E-state index in [0.717, 1.165) is 13.1 Å². The number of hydrazine groups is 1. The molecule has 1 fully saturated rings. The lowest BCUT2D eigenvalue weighted by molar-refractivity contribution is 0.196. The molecule has 1 saturated heterocycles. The van der Waals surface area contributed by atoms with Crippen LogP contribution >= 0.6 is 0 Å². The molecule has 0 aliphatic carbocycles. The third kappa shape index (κ3) is 1.91. The minimum absolute atomic E-state index is 0.0769. The van der Waals surface area contributed by atoms with Crippen LogP contribution in [0.1, 0.15) is 13.8 Å². The van der Waals surface area contributed by atoms with Gasteiger partial charge in [0.2, 0.25) is 0 Å². The number of rotatable bonds is 1. The van der Waals surface area contributed by atoms with E-state index in [0.29, 0.717) is 5.41 Å². The fraction of sp³-hybridized carbons (Fsp3) is 1.00. The van der Waals surface area contributed by atoms with E-state index in [1.807, 2.05) is 0 Å². The smallest absolute Gasteiger partial charge is 0.124 e. The zero-order chi connectivity index (χ0) is 7.61. The van der Waals surface area contributed by atoms with Crippen LogP contribution in [-0.2, 0) is 0 Å². The molecule has 0 saturated carbocycles. The van der Waals surface area contributed by atoms with Crippen LogP contribution in [0.2, 0.25) is 0 Å². The Bertz CT molecular complexity index is 102. The fourth-order valence-corrected chi connectivity index (χ4v) is 1.01. The molecular weight excluding hydrogens is 128 g/mol. The lowest BCUT2D eigenvalue weighted by atomic mass is 9.92. The van der Waals surface area contributed by atoms with Crippen molar-refractivity contribution in [1.82, 2.24) is 16.1 Å². The Labute approximate surface area is 61.5 Å². The SMILES string of the molecule is CC1(C)CNC(NN)NC1. The number of hydrogen-bond acceptors (Lipinski definition) is 4. The highest BCUT2D eigenvalue weighted by Crippen LogP contribution is 2.13. The van der Waals surface area contributed by atoms with Crippen molar-refractivity contribution in [2.45, 2.75) is 20.1 Å². The van der Waals surface area contributed by atoms with Crippen LogP contribution in [0.25, 0.3) is 0 Å². The maximum absolute atomic E-state index is 5.22. The topological polar surface area (TPSA) is 62.1 Å². The Hall–Kier alpha value is -0.160. The zero-order valence-electron chi connectivity index (χ0n) is 6.57. The molecule has 0 bridgehead atoms. The fourth-order valence-electron chi connectivity index (χ4n) is 1.01. The predicted octanol–water partition coefficient (Wildman–Crippen LogP) is -1.05. The summed E-state index contributed by atoms with van der Waals surface area (Å²) in [6, 6.07) is 0. The zero-order valence-corrected chi connectivity index (χ0v) is 6.57. The Morgan fingerprint density at radius 3 is 2.30 bits per heavy atom. The molecule has 60 valence electrons. The first-order valence-corrected chi connectivity index (χ1v) is 3.57. The highest BCUT2D eigenvalue weighted by molar-refractivity contribution is 4.81. The van der Waals surface area contributed by atoms with Gasteiger partial charge in [0.05, 0.1) is 0 Å². The summed E-state index contributed by atoms with van der Waals surface area (Å²) in [6.45, 7) is 6.41. The number of nitrogens with one attached hydrogen (secondary N) is 3. The number of nitrogens with two attached hydrogens (primary N) is 1. The third-order valence-electron chi connectivity index (χ3n) is 1.74. The molecule has 0 aromatic rings. The highest BCUT2D eigenvalue weighted by atomic mass is 15.4. The van der Waals surface area contributed by atoms with E-state index >= 15 is 0 Å². The minimum atomic E-state index is 0.0769. The molecule has 5 N–H and O–H groups in total. The second-order valence-corrected chi connectivity index (χ2v) is 3.53.